The van der Waals surface area contributed by atoms with Crippen molar-refractivity contribution in [3.8, 4) is 5.75 Å². The standard InChI is InChI=1S/C22H20ClN3O2S/c1-16-15-29-22(26(16)13-17-5-3-2-4-6-17)25-10-9-19(11-21(25)27)28-14-18-7-8-20(23)24-12-18/h2-12,15,22H,13-14H2,1H3. The fraction of sp³-hybridized carbons (Fsp3) is 0.182. The zero-order valence-corrected chi connectivity index (χ0v) is 17.4. The number of halogens is 1. The summed E-state index contributed by atoms with van der Waals surface area (Å²) in [7, 11) is 0. The zero-order valence-electron chi connectivity index (χ0n) is 15.9. The Bertz CT molecular complexity index is 1070. The van der Waals surface area contributed by atoms with Crippen LogP contribution in [0.3, 0.4) is 0 Å². The fourth-order valence-corrected chi connectivity index (χ4v) is 4.33. The lowest BCUT2D eigenvalue weighted by Crippen LogP contribution is -2.32. The molecule has 148 valence electrons. The molecule has 0 N–H and O–H groups in total. The van der Waals surface area contributed by atoms with Crippen LogP contribution in [0.2, 0.25) is 5.15 Å². The van der Waals surface area contributed by atoms with E-state index < -0.39 is 0 Å². The minimum absolute atomic E-state index is 0.101. The highest BCUT2D eigenvalue weighted by Gasteiger charge is 2.26. The first-order valence-corrected chi connectivity index (χ1v) is 10.5. The van der Waals surface area contributed by atoms with Gasteiger partial charge >= 0.3 is 0 Å². The summed E-state index contributed by atoms with van der Waals surface area (Å²) in [4.78, 5) is 19.0. The summed E-state index contributed by atoms with van der Waals surface area (Å²) in [6.45, 7) is 3.14. The third-order valence-corrected chi connectivity index (χ3v) is 6.05. The van der Waals surface area contributed by atoms with Crippen LogP contribution in [-0.2, 0) is 13.2 Å². The SMILES string of the molecule is CC1=CSC(n2ccc(OCc3ccc(Cl)nc3)cc2=O)N1Cc1ccccc1. The molecule has 3 heterocycles. The molecule has 0 aliphatic carbocycles. The summed E-state index contributed by atoms with van der Waals surface area (Å²) in [5.74, 6) is 0.531. The average molecular weight is 426 g/mol. The Morgan fingerprint density at radius 2 is 1.97 bits per heavy atom. The van der Waals surface area contributed by atoms with E-state index in [1.54, 1.807) is 34.8 Å². The summed E-state index contributed by atoms with van der Waals surface area (Å²) in [6, 6.07) is 17.2. The number of rotatable bonds is 6. The summed E-state index contributed by atoms with van der Waals surface area (Å²) in [5, 5.41) is 2.53. The lowest BCUT2D eigenvalue weighted by atomic mass is 10.2. The molecule has 0 spiro atoms. The van der Waals surface area contributed by atoms with Crippen LogP contribution in [0.15, 0.2) is 82.9 Å². The second-order valence-electron chi connectivity index (χ2n) is 6.72. The minimum Gasteiger partial charge on any atom is -0.489 e. The van der Waals surface area contributed by atoms with Crippen LogP contribution in [0.4, 0.5) is 0 Å². The van der Waals surface area contributed by atoms with Gasteiger partial charge in [0.05, 0.1) is 0 Å². The molecule has 2 aromatic heterocycles. The molecule has 0 saturated heterocycles. The Kier molecular flexibility index (Phi) is 5.92. The Morgan fingerprint density at radius 1 is 1.14 bits per heavy atom. The van der Waals surface area contributed by atoms with Gasteiger partial charge in [-0.25, -0.2) is 4.98 Å². The molecule has 0 saturated carbocycles. The van der Waals surface area contributed by atoms with Crippen LogP contribution in [0.5, 0.6) is 5.75 Å². The van der Waals surface area contributed by atoms with Gasteiger partial charge < -0.3 is 9.64 Å². The Balaban J connectivity index is 1.48. The smallest absolute Gasteiger partial charge is 0.256 e. The number of hydrogen-bond donors (Lipinski definition) is 0. The summed E-state index contributed by atoms with van der Waals surface area (Å²) < 4.78 is 7.48. The molecule has 3 aromatic rings. The monoisotopic (exact) mass is 425 g/mol. The van der Waals surface area contributed by atoms with Crippen molar-refractivity contribution < 1.29 is 4.74 Å². The van der Waals surface area contributed by atoms with Gasteiger partial charge in [0, 0.05) is 36.3 Å². The van der Waals surface area contributed by atoms with E-state index in [-0.39, 0.29) is 11.1 Å². The van der Waals surface area contributed by atoms with E-state index in [1.807, 2.05) is 30.3 Å². The summed E-state index contributed by atoms with van der Waals surface area (Å²) >= 11 is 7.42. The molecule has 0 radical (unpaired) electrons. The maximum atomic E-state index is 12.8. The number of aromatic nitrogens is 2. The van der Waals surface area contributed by atoms with Gasteiger partial charge in [0.1, 0.15) is 17.5 Å². The van der Waals surface area contributed by atoms with Gasteiger partial charge in [0.25, 0.3) is 5.56 Å². The van der Waals surface area contributed by atoms with Crippen LogP contribution in [0.1, 0.15) is 23.5 Å². The highest BCUT2D eigenvalue weighted by atomic mass is 35.5. The first kappa shape index (κ1) is 19.6. The van der Waals surface area contributed by atoms with Crippen molar-refractivity contribution in [2.24, 2.45) is 0 Å². The minimum atomic E-state index is -0.114. The van der Waals surface area contributed by atoms with Gasteiger partial charge in [-0.05, 0) is 30.0 Å². The third kappa shape index (κ3) is 4.66. The van der Waals surface area contributed by atoms with E-state index >= 15 is 0 Å². The van der Waals surface area contributed by atoms with Crippen LogP contribution in [0, 0.1) is 0 Å². The van der Waals surface area contributed by atoms with Gasteiger partial charge in [-0.1, -0.05) is 59.8 Å². The molecule has 1 aliphatic rings. The predicted molar refractivity (Wildman–Crippen MR) is 117 cm³/mol. The fourth-order valence-electron chi connectivity index (χ4n) is 3.08. The second kappa shape index (κ2) is 8.76. The van der Waals surface area contributed by atoms with Gasteiger partial charge in [-0.3, -0.25) is 9.36 Å². The number of thioether (sulfide) groups is 1. The molecule has 0 bridgehead atoms. The summed E-state index contributed by atoms with van der Waals surface area (Å²) in [5.41, 5.74) is 3.02. The lowest BCUT2D eigenvalue weighted by Gasteiger charge is -2.29. The molecule has 5 nitrogen and oxygen atoms in total. The van der Waals surface area contributed by atoms with Crippen molar-refractivity contribution in [1.29, 1.82) is 0 Å². The number of ether oxygens (including phenoxy) is 1. The molecular formula is C22H20ClN3O2S. The normalized spacial score (nSPS) is 16.0. The molecule has 7 heteroatoms. The van der Waals surface area contributed by atoms with E-state index in [1.165, 1.54) is 11.6 Å². The Labute approximate surface area is 178 Å². The predicted octanol–water partition coefficient (Wildman–Crippen LogP) is 5.04. The van der Waals surface area contributed by atoms with Crippen LogP contribution >= 0.6 is 23.4 Å². The van der Waals surface area contributed by atoms with Crippen molar-refractivity contribution >= 4 is 23.4 Å². The van der Waals surface area contributed by atoms with Crippen LogP contribution in [-0.4, -0.2) is 14.5 Å². The highest BCUT2D eigenvalue weighted by Crippen LogP contribution is 2.39. The molecule has 1 atom stereocenters. The first-order valence-electron chi connectivity index (χ1n) is 9.18. The molecule has 1 aliphatic heterocycles. The maximum Gasteiger partial charge on any atom is 0.256 e. The number of benzene rings is 1. The molecule has 1 aromatic carbocycles. The molecule has 0 fully saturated rings. The number of hydrogen-bond acceptors (Lipinski definition) is 5. The van der Waals surface area contributed by atoms with Gasteiger partial charge in [0.15, 0.2) is 5.50 Å². The summed E-state index contributed by atoms with van der Waals surface area (Å²) in [6.07, 6.45) is 3.45. The first-order chi connectivity index (χ1) is 14.1. The lowest BCUT2D eigenvalue weighted by molar-refractivity contribution is 0.262. The average Bonchev–Trinajstić information content (AvgIpc) is 3.08. The van der Waals surface area contributed by atoms with E-state index in [0.29, 0.717) is 17.5 Å². The second-order valence-corrected chi connectivity index (χ2v) is 8.04. The van der Waals surface area contributed by atoms with Gasteiger partial charge in [0.2, 0.25) is 0 Å². The van der Waals surface area contributed by atoms with E-state index in [0.717, 1.165) is 17.8 Å². The number of nitrogens with zero attached hydrogens (tertiary/aromatic N) is 3. The van der Waals surface area contributed by atoms with Crippen molar-refractivity contribution in [1.82, 2.24) is 14.5 Å². The molecular weight excluding hydrogens is 406 g/mol. The van der Waals surface area contributed by atoms with E-state index in [9.17, 15) is 4.79 Å². The van der Waals surface area contributed by atoms with Crippen molar-refractivity contribution in [3.63, 3.8) is 0 Å². The Hall–Kier alpha value is -2.70. The van der Waals surface area contributed by atoms with Gasteiger partial charge in [-0.2, -0.15) is 0 Å². The largest absolute Gasteiger partial charge is 0.489 e. The number of pyridine rings is 2. The maximum absolute atomic E-state index is 12.8. The molecule has 0 amide bonds. The zero-order chi connectivity index (χ0) is 20.2. The highest BCUT2D eigenvalue weighted by molar-refractivity contribution is 8.02. The van der Waals surface area contributed by atoms with Crippen LogP contribution in [0.25, 0.3) is 0 Å². The van der Waals surface area contributed by atoms with Crippen molar-refractivity contribution in [3.05, 3.63) is 105 Å². The van der Waals surface area contributed by atoms with Gasteiger partial charge in [-0.15, -0.1) is 0 Å². The quantitative estimate of drug-likeness (QED) is 0.517. The van der Waals surface area contributed by atoms with E-state index in [2.05, 4.69) is 34.3 Å². The number of allylic oxidation sites excluding steroid dienone is 1. The molecule has 4 rings (SSSR count). The van der Waals surface area contributed by atoms with Crippen molar-refractivity contribution in [2.45, 2.75) is 25.6 Å². The third-order valence-electron chi connectivity index (χ3n) is 4.63. The topological polar surface area (TPSA) is 47.4 Å². The Morgan fingerprint density at radius 3 is 2.69 bits per heavy atom. The van der Waals surface area contributed by atoms with Crippen molar-refractivity contribution in [2.75, 3.05) is 0 Å². The van der Waals surface area contributed by atoms with Crippen LogP contribution < -0.4 is 10.3 Å². The molecule has 29 heavy (non-hydrogen) atoms. The van der Waals surface area contributed by atoms with E-state index in [4.69, 9.17) is 16.3 Å². The molecule has 1 unspecified atom stereocenters.